The standard InChI is InChI=1S/C15H26N2O3/c1-11-6-3-2-4-9-17(11)15(20)16-13-8-5-7-12(10-13)14(18)19/h11-13H,2-10H2,1H3,(H,16,20)(H,18,19). The number of carbonyl (C=O) groups is 2. The number of hydrogen-bond acceptors (Lipinski definition) is 2. The number of rotatable bonds is 2. The fraction of sp³-hybridized carbons (Fsp3) is 0.867. The lowest BCUT2D eigenvalue weighted by Gasteiger charge is -2.32. The Kier molecular flexibility index (Phi) is 5.26. The second-order valence-electron chi connectivity index (χ2n) is 6.24. The zero-order chi connectivity index (χ0) is 14.5. The summed E-state index contributed by atoms with van der Waals surface area (Å²) in [6, 6.07) is 0.305. The Hall–Kier alpha value is -1.26. The number of carboxylic acids is 1. The lowest BCUT2D eigenvalue weighted by atomic mass is 9.86. The van der Waals surface area contributed by atoms with Crippen LogP contribution in [0.5, 0.6) is 0 Å². The van der Waals surface area contributed by atoms with Crippen molar-refractivity contribution in [2.75, 3.05) is 6.54 Å². The molecule has 0 bridgehead atoms. The Morgan fingerprint density at radius 3 is 2.65 bits per heavy atom. The summed E-state index contributed by atoms with van der Waals surface area (Å²) in [7, 11) is 0. The van der Waals surface area contributed by atoms with Crippen molar-refractivity contribution >= 4 is 12.0 Å². The van der Waals surface area contributed by atoms with Crippen molar-refractivity contribution < 1.29 is 14.7 Å². The summed E-state index contributed by atoms with van der Waals surface area (Å²) in [6.07, 6.45) is 7.62. The highest BCUT2D eigenvalue weighted by Gasteiger charge is 2.30. The lowest BCUT2D eigenvalue weighted by molar-refractivity contribution is -0.143. The van der Waals surface area contributed by atoms with E-state index in [1.165, 1.54) is 12.8 Å². The fourth-order valence-corrected chi connectivity index (χ4v) is 3.38. The van der Waals surface area contributed by atoms with Crippen molar-refractivity contribution in [2.45, 2.75) is 70.4 Å². The van der Waals surface area contributed by atoms with Gasteiger partial charge in [0.15, 0.2) is 0 Å². The van der Waals surface area contributed by atoms with Gasteiger partial charge in [0.25, 0.3) is 0 Å². The molecule has 1 saturated carbocycles. The van der Waals surface area contributed by atoms with E-state index < -0.39 is 5.97 Å². The molecule has 1 saturated heterocycles. The summed E-state index contributed by atoms with van der Waals surface area (Å²) in [6.45, 7) is 2.92. The molecule has 2 N–H and O–H groups in total. The van der Waals surface area contributed by atoms with Gasteiger partial charge in [0.05, 0.1) is 5.92 Å². The topological polar surface area (TPSA) is 69.6 Å². The van der Waals surface area contributed by atoms with E-state index in [-0.39, 0.29) is 24.0 Å². The zero-order valence-electron chi connectivity index (χ0n) is 12.3. The molecule has 2 amide bonds. The summed E-state index contributed by atoms with van der Waals surface area (Å²) >= 11 is 0. The van der Waals surface area contributed by atoms with Gasteiger partial charge in [-0.2, -0.15) is 0 Å². The van der Waals surface area contributed by atoms with E-state index in [0.29, 0.717) is 6.42 Å². The number of amides is 2. The van der Waals surface area contributed by atoms with Gasteiger partial charge in [-0.25, -0.2) is 4.79 Å². The van der Waals surface area contributed by atoms with Gasteiger partial charge < -0.3 is 15.3 Å². The van der Waals surface area contributed by atoms with Crippen molar-refractivity contribution in [1.82, 2.24) is 10.2 Å². The summed E-state index contributed by atoms with van der Waals surface area (Å²) in [4.78, 5) is 25.4. The van der Waals surface area contributed by atoms with Gasteiger partial charge in [-0.3, -0.25) is 4.79 Å². The van der Waals surface area contributed by atoms with Crippen LogP contribution in [-0.2, 0) is 4.79 Å². The average Bonchev–Trinajstić information content (AvgIpc) is 2.63. The van der Waals surface area contributed by atoms with Crippen LogP contribution in [0.15, 0.2) is 0 Å². The normalized spacial score (nSPS) is 31.4. The molecule has 1 heterocycles. The Morgan fingerprint density at radius 2 is 1.90 bits per heavy atom. The van der Waals surface area contributed by atoms with Gasteiger partial charge in [0.1, 0.15) is 0 Å². The maximum absolute atomic E-state index is 12.4. The lowest BCUT2D eigenvalue weighted by Crippen LogP contribution is -2.49. The molecular formula is C15H26N2O3. The third-order valence-electron chi connectivity index (χ3n) is 4.66. The van der Waals surface area contributed by atoms with Gasteiger partial charge in [0.2, 0.25) is 0 Å². The highest BCUT2D eigenvalue weighted by atomic mass is 16.4. The Bertz CT molecular complexity index is 359. The van der Waals surface area contributed by atoms with Crippen LogP contribution in [0.1, 0.15) is 58.3 Å². The van der Waals surface area contributed by atoms with E-state index in [0.717, 1.165) is 38.6 Å². The van der Waals surface area contributed by atoms with E-state index >= 15 is 0 Å². The van der Waals surface area contributed by atoms with Crippen LogP contribution in [-0.4, -0.2) is 40.6 Å². The number of urea groups is 1. The van der Waals surface area contributed by atoms with Gasteiger partial charge in [-0.05, 0) is 39.0 Å². The van der Waals surface area contributed by atoms with Crippen LogP contribution >= 0.6 is 0 Å². The van der Waals surface area contributed by atoms with Crippen LogP contribution < -0.4 is 5.32 Å². The molecule has 1 aliphatic carbocycles. The second-order valence-corrected chi connectivity index (χ2v) is 6.24. The third-order valence-corrected chi connectivity index (χ3v) is 4.66. The molecule has 3 atom stereocenters. The Labute approximate surface area is 120 Å². The van der Waals surface area contributed by atoms with Gasteiger partial charge in [0, 0.05) is 18.6 Å². The maximum Gasteiger partial charge on any atom is 0.317 e. The van der Waals surface area contributed by atoms with Gasteiger partial charge >= 0.3 is 12.0 Å². The first-order valence-electron chi connectivity index (χ1n) is 7.88. The number of nitrogens with zero attached hydrogens (tertiary/aromatic N) is 1. The molecule has 20 heavy (non-hydrogen) atoms. The number of hydrogen-bond donors (Lipinski definition) is 2. The minimum absolute atomic E-state index is 0.00422. The van der Waals surface area contributed by atoms with Crippen LogP contribution in [0, 0.1) is 5.92 Å². The monoisotopic (exact) mass is 282 g/mol. The molecule has 3 unspecified atom stereocenters. The van der Waals surface area contributed by atoms with E-state index in [4.69, 9.17) is 5.11 Å². The highest BCUT2D eigenvalue weighted by Crippen LogP contribution is 2.25. The van der Waals surface area contributed by atoms with E-state index in [2.05, 4.69) is 12.2 Å². The van der Waals surface area contributed by atoms with Crippen LogP contribution in [0.4, 0.5) is 4.79 Å². The van der Waals surface area contributed by atoms with Crippen molar-refractivity contribution in [1.29, 1.82) is 0 Å². The first-order valence-corrected chi connectivity index (χ1v) is 7.88. The van der Waals surface area contributed by atoms with Crippen LogP contribution in [0.2, 0.25) is 0 Å². The minimum Gasteiger partial charge on any atom is -0.481 e. The van der Waals surface area contributed by atoms with Gasteiger partial charge in [-0.15, -0.1) is 0 Å². The molecule has 0 aromatic rings. The molecule has 0 radical (unpaired) electrons. The SMILES string of the molecule is CC1CCCCCN1C(=O)NC1CCCC(C(=O)O)C1. The molecule has 5 heteroatoms. The molecule has 2 aliphatic rings. The van der Waals surface area contributed by atoms with Crippen molar-refractivity contribution in [3.63, 3.8) is 0 Å². The predicted molar refractivity (Wildman–Crippen MR) is 76.5 cm³/mol. The first kappa shape index (κ1) is 15.1. The first-order chi connectivity index (χ1) is 9.58. The maximum atomic E-state index is 12.4. The van der Waals surface area contributed by atoms with Crippen LogP contribution in [0.3, 0.4) is 0 Å². The number of carbonyl (C=O) groups excluding carboxylic acids is 1. The molecule has 2 rings (SSSR count). The zero-order valence-corrected chi connectivity index (χ0v) is 12.3. The summed E-state index contributed by atoms with van der Waals surface area (Å²) < 4.78 is 0. The van der Waals surface area contributed by atoms with Crippen molar-refractivity contribution in [3.05, 3.63) is 0 Å². The Morgan fingerprint density at radius 1 is 1.10 bits per heavy atom. The minimum atomic E-state index is -0.730. The summed E-state index contributed by atoms with van der Waals surface area (Å²) in [5, 5.41) is 12.2. The number of likely N-dealkylation sites (tertiary alicyclic amines) is 1. The van der Waals surface area contributed by atoms with E-state index in [9.17, 15) is 9.59 Å². The molecule has 0 spiro atoms. The third kappa shape index (κ3) is 3.87. The van der Waals surface area contributed by atoms with E-state index in [1.807, 2.05) is 4.90 Å². The Balaban J connectivity index is 1.88. The number of aliphatic carboxylic acids is 1. The number of nitrogens with one attached hydrogen (secondary N) is 1. The molecule has 114 valence electrons. The molecular weight excluding hydrogens is 256 g/mol. The second kappa shape index (κ2) is 6.95. The average molecular weight is 282 g/mol. The number of carboxylic acid groups (broad SMARTS) is 1. The van der Waals surface area contributed by atoms with Crippen LogP contribution in [0.25, 0.3) is 0 Å². The fourth-order valence-electron chi connectivity index (χ4n) is 3.38. The highest BCUT2D eigenvalue weighted by molar-refractivity contribution is 5.75. The van der Waals surface area contributed by atoms with Crippen molar-refractivity contribution in [2.24, 2.45) is 5.92 Å². The molecule has 1 aliphatic heterocycles. The predicted octanol–water partition coefficient (Wildman–Crippen LogP) is 2.60. The summed E-state index contributed by atoms with van der Waals surface area (Å²) in [5.74, 6) is -1.03. The smallest absolute Gasteiger partial charge is 0.317 e. The molecule has 0 aromatic heterocycles. The van der Waals surface area contributed by atoms with E-state index in [1.54, 1.807) is 0 Å². The molecule has 2 fully saturated rings. The quantitative estimate of drug-likeness (QED) is 0.818. The van der Waals surface area contributed by atoms with Crippen molar-refractivity contribution in [3.8, 4) is 0 Å². The molecule has 5 nitrogen and oxygen atoms in total. The largest absolute Gasteiger partial charge is 0.481 e. The van der Waals surface area contributed by atoms with Gasteiger partial charge in [-0.1, -0.05) is 19.3 Å². The summed E-state index contributed by atoms with van der Waals surface area (Å²) in [5.41, 5.74) is 0. The molecule has 0 aromatic carbocycles.